The summed E-state index contributed by atoms with van der Waals surface area (Å²) >= 11 is 6.29. The molecule has 0 spiro atoms. The Kier molecular flexibility index (Phi) is 5.18. The molecular weight excluding hydrogens is 406 g/mol. The van der Waals surface area contributed by atoms with Gasteiger partial charge in [-0.1, -0.05) is 16.8 Å². The number of fused-ring (bicyclic) bond motifs is 1. The first kappa shape index (κ1) is 19.7. The summed E-state index contributed by atoms with van der Waals surface area (Å²) in [6.45, 7) is 1.71. The van der Waals surface area contributed by atoms with Crippen LogP contribution in [0.5, 0.6) is 5.75 Å². The Morgan fingerprint density at radius 1 is 1.41 bits per heavy atom. The minimum Gasteiger partial charge on any atom is -0.484 e. The highest BCUT2D eigenvalue weighted by Crippen LogP contribution is 2.31. The van der Waals surface area contributed by atoms with Crippen molar-refractivity contribution >= 4 is 28.4 Å². The Morgan fingerprint density at radius 3 is 2.93 bits per heavy atom. The van der Waals surface area contributed by atoms with Crippen molar-refractivity contribution < 1.29 is 22.8 Å². The minimum atomic E-state index is -2.85. The van der Waals surface area contributed by atoms with Gasteiger partial charge in [0.05, 0.1) is 29.8 Å². The van der Waals surface area contributed by atoms with E-state index in [4.69, 9.17) is 20.9 Å². The van der Waals surface area contributed by atoms with Gasteiger partial charge in [-0.2, -0.15) is 0 Å². The minimum absolute atomic E-state index is 0.183. The highest BCUT2D eigenvalue weighted by atomic mass is 35.5. The van der Waals surface area contributed by atoms with Crippen LogP contribution in [0.3, 0.4) is 0 Å². The molecule has 0 saturated carbocycles. The number of aromatic amines is 1. The predicted molar refractivity (Wildman–Crippen MR) is 102 cm³/mol. The topological polar surface area (TPSA) is 92.2 Å². The van der Waals surface area contributed by atoms with Gasteiger partial charge in [0, 0.05) is 35.2 Å². The van der Waals surface area contributed by atoms with Gasteiger partial charge in [-0.3, -0.25) is 10.1 Å². The van der Waals surface area contributed by atoms with E-state index in [9.17, 15) is 13.6 Å². The Labute approximate surface area is 169 Å². The number of halogens is 3. The maximum atomic E-state index is 13.2. The lowest BCUT2D eigenvalue weighted by Gasteiger charge is -2.10. The maximum Gasteiger partial charge on any atom is 0.262 e. The maximum absolute atomic E-state index is 13.2. The van der Waals surface area contributed by atoms with E-state index in [0.717, 1.165) is 22.3 Å². The van der Waals surface area contributed by atoms with E-state index in [1.165, 1.54) is 0 Å². The summed E-state index contributed by atoms with van der Waals surface area (Å²) in [6, 6.07) is 6.23. The molecule has 1 saturated heterocycles. The lowest BCUT2D eigenvalue weighted by Crippen LogP contribution is -2.40. The van der Waals surface area contributed by atoms with Gasteiger partial charge in [-0.15, -0.1) is 0 Å². The van der Waals surface area contributed by atoms with Gasteiger partial charge in [0.25, 0.3) is 5.92 Å². The first-order chi connectivity index (χ1) is 13.8. The molecule has 3 aromatic rings. The molecule has 2 aromatic heterocycles. The summed E-state index contributed by atoms with van der Waals surface area (Å²) in [5, 5.41) is 10.3. The second-order valence-electron chi connectivity index (χ2n) is 7.10. The molecule has 0 radical (unpaired) electrons. The molecule has 3 N–H and O–H groups in total. The number of amides is 1. The van der Waals surface area contributed by atoms with Crippen molar-refractivity contribution in [3.63, 3.8) is 0 Å². The molecule has 1 aliphatic heterocycles. The molecule has 1 fully saturated rings. The highest BCUT2D eigenvalue weighted by molar-refractivity contribution is 6.32. The van der Waals surface area contributed by atoms with E-state index < -0.39 is 30.8 Å². The number of nitrogens with zero attached hydrogens (tertiary/aromatic N) is 1. The van der Waals surface area contributed by atoms with Gasteiger partial charge in [-0.25, -0.2) is 8.78 Å². The highest BCUT2D eigenvalue weighted by Gasteiger charge is 2.42. The summed E-state index contributed by atoms with van der Waals surface area (Å²) < 4.78 is 37.3. The smallest absolute Gasteiger partial charge is 0.262 e. The van der Waals surface area contributed by atoms with Crippen molar-refractivity contribution in [2.24, 2.45) is 0 Å². The predicted octanol–water partition coefficient (Wildman–Crippen LogP) is 3.31. The second kappa shape index (κ2) is 7.64. The van der Waals surface area contributed by atoms with Gasteiger partial charge in [0.2, 0.25) is 5.91 Å². The van der Waals surface area contributed by atoms with Crippen LogP contribution in [0.1, 0.15) is 23.6 Å². The molecule has 1 atom stereocenters. The normalized spacial score (nSPS) is 18.3. The first-order valence-corrected chi connectivity index (χ1v) is 9.42. The van der Waals surface area contributed by atoms with Crippen LogP contribution in [0.15, 0.2) is 28.8 Å². The molecule has 1 aromatic carbocycles. The number of aromatic nitrogens is 2. The molecule has 10 heteroatoms. The Balaban J connectivity index is 1.40. The first-order valence-electron chi connectivity index (χ1n) is 9.04. The quantitative estimate of drug-likeness (QED) is 0.564. The average molecular weight is 425 g/mol. The van der Waals surface area contributed by atoms with Crippen LogP contribution in [-0.4, -0.2) is 34.6 Å². The molecule has 0 unspecified atom stereocenters. The zero-order valence-electron chi connectivity index (χ0n) is 15.5. The zero-order valence-corrected chi connectivity index (χ0v) is 16.3. The molecule has 4 rings (SSSR count). The summed E-state index contributed by atoms with van der Waals surface area (Å²) in [6.07, 6.45) is -0.493. The molecule has 29 heavy (non-hydrogen) atoms. The van der Waals surface area contributed by atoms with Crippen molar-refractivity contribution in [1.29, 1.82) is 0 Å². The number of nitrogens with one attached hydrogen (secondary N) is 3. The number of hydrogen-bond donors (Lipinski definition) is 3. The zero-order chi connectivity index (χ0) is 20.6. The van der Waals surface area contributed by atoms with Gasteiger partial charge >= 0.3 is 0 Å². The molecule has 0 bridgehead atoms. The third-order valence-electron chi connectivity index (χ3n) is 4.66. The van der Waals surface area contributed by atoms with Gasteiger partial charge in [0.1, 0.15) is 12.4 Å². The number of benzene rings is 1. The summed E-state index contributed by atoms with van der Waals surface area (Å²) in [4.78, 5) is 15.2. The van der Waals surface area contributed by atoms with Gasteiger partial charge in [-0.05, 0) is 19.1 Å². The van der Waals surface area contributed by atoms with Crippen LogP contribution in [0, 0.1) is 6.92 Å². The number of carbonyl (C=O) groups is 1. The number of alkyl halides is 2. The molecule has 1 aliphatic rings. The Morgan fingerprint density at radius 2 is 2.24 bits per heavy atom. The van der Waals surface area contributed by atoms with Gasteiger partial charge in [0.15, 0.2) is 5.76 Å². The average Bonchev–Trinajstić information content (AvgIpc) is 3.35. The van der Waals surface area contributed by atoms with Crippen LogP contribution in [0.25, 0.3) is 10.9 Å². The van der Waals surface area contributed by atoms with Crippen molar-refractivity contribution in [3.05, 3.63) is 46.4 Å². The largest absolute Gasteiger partial charge is 0.484 e. The summed E-state index contributed by atoms with van der Waals surface area (Å²) in [5.74, 6) is -2.24. The molecule has 154 valence electrons. The van der Waals surface area contributed by atoms with Gasteiger partial charge < -0.3 is 19.6 Å². The van der Waals surface area contributed by atoms with Crippen molar-refractivity contribution in [2.45, 2.75) is 38.5 Å². The number of carbonyl (C=O) groups excluding carboxylic acids is 1. The lowest BCUT2D eigenvalue weighted by atomic mass is 10.2. The standard InChI is InChI=1S/C19H19ClF2N4O3/c1-10-2-13(29-26-10)8-28-17-5-15-11(4-14(17)20)3-12(25-15)7-23-18(27)16-6-19(21,22)9-24-16/h2-5,16,24-25H,6-9H2,1H3,(H,23,27)/t16-/m0/s1. The van der Waals surface area contributed by atoms with E-state index >= 15 is 0 Å². The van der Waals surface area contributed by atoms with E-state index in [1.54, 1.807) is 18.2 Å². The third kappa shape index (κ3) is 4.51. The van der Waals surface area contributed by atoms with E-state index in [0.29, 0.717) is 16.5 Å². The number of aryl methyl sites for hydroxylation is 1. The fraction of sp³-hybridized carbons (Fsp3) is 0.368. The van der Waals surface area contributed by atoms with Crippen LogP contribution in [0.2, 0.25) is 5.02 Å². The molecule has 1 amide bonds. The third-order valence-corrected chi connectivity index (χ3v) is 4.95. The fourth-order valence-electron chi connectivity index (χ4n) is 3.24. The van der Waals surface area contributed by atoms with Crippen LogP contribution in [-0.2, 0) is 17.9 Å². The van der Waals surface area contributed by atoms with Crippen molar-refractivity contribution in [3.8, 4) is 5.75 Å². The van der Waals surface area contributed by atoms with E-state index in [2.05, 4.69) is 20.8 Å². The fourth-order valence-corrected chi connectivity index (χ4v) is 3.47. The molecule has 7 nitrogen and oxygen atoms in total. The van der Waals surface area contributed by atoms with Crippen LogP contribution >= 0.6 is 11.6 Å². The van der Waals surface area contributed by atoms with E-state index in [1.807, 2.05) is 13.0 Å². The van der Waals surface area contributed by atoms with Crippen molar-refractivity contribution in [1.82, 2.24) is 20.8 Å². The van der Waals surface area contributed by atoms with Crippen LogP contribution < -0.4 is 15.4 Å². The number of rotatable bonds is 6. The molecule has 3 heterocycles. The SMILES string of the molecule is Cc1cc(COc2cc3[nH]c(CNC(=O)[C@@H]4CC(F)(F)CN4)cc3cc2Cl)on1. The molecular formula is C19H19ClF2N4O3. The Bertz CT molecular complexity index is 1050. The summed E-state index contributed by atoms with van der Waals surface area (Å²) in [7, 11) is 0. The number of H-pyrrole nitrogens is 1. The summed E-state index contributed by atoms with van der Waals surface area (Å²) in [5.41, 5.74) is 2.25. The van der Waals surface area contributed by atoms with Crippen LogP contribution in [0.4, 0.5) is 8.78 Å². The number of ether oxygens (including phenoxy) is 1. The number of hydrogen-bond acceptors (Lipinski definition) is 5. The monoisotopic (exact) mass is 424 g/mol. The van der Waals surface area contributed by atoms with Crippen molar-refractivity contribution in [2.75, 3.05) is 6.54 Å². The lowest BCUT2D eigenvalue weighted by molar-refractivity contribution is -0.123. The second-order valence-corrected chi connectivity index (χ2v) is 7.51. The Hall–Kier alpha value is -2.65. The molecule has 0 aliphatic carbocycles. The van der Waals surface area contributed by atoms with E-state index in [-0.39, 0.29) is 13.2 Å².